The van der Waals surface area contributed by atoms with Gasteiger partial charge >= 0.3 is 5.97 Å². The molecule has 0 bridgehead atoms. The molecule has 2 unspecified atom stereocenters. The Kier molecular flexibility index (Phi) is 4.30. The summed E-state index contributed by atoms with van der Waals surface area (Å²) in [4.78, 5) is 38.4. The number of carbonyl (C=O) groups is 3. The summed E-state index contributed by atoms with van der Waals surface area (Å²) in [6.07, 6.45) is 3.30. The number of likely N-dealkylation sites (tertiary alicyclic amines) is 1. The summed E-state index contributed by atoms with van der Waals surface area (Å²) in [7, 11) is 0. The number of amides is 2. The van der Waals surface area contributed by atoms with Crippen LogP contribution in [0.4, 0.5) is 0 Å². The van der Waals surface area contributed by atoms with Crippen molar-refractivity contribution in [2.75, 3.05) is 13.1 Å². The minimum Gasteiger partial charge on any atom is -0.480 e. The molecule has 2 aliphatic rings. The van der Waals surface area contributed by atoms with E-state index in [9.17, 15) is 14.4 Å². The first-order valence-electron chi connectivity index (χ1n) is 7.22. The zero-order chi connectivity index (χ0) is 14.9. The molecule has 2 amide bonds. The lowest BCUT2D eigenvalue weighted by Crippen LogP contribution is -2.51. The van der Waals surface area contributed by atoms with Gasteiger partial charge in [-0.2, -0.15) is 0 Å². The third-order valence-corrected chi connectivity index (χ3v) is 4.19. The molecule has 6 heteroatoms. The molecule has 1 saturated heterocycles. The number of carboxylic acids is 1. The molecule has 20 heavy (non-hydrogen) atoms. The molecule has 2 fully saturated rings. The van der Waals surface area contributed by atoms with Crippen LogP contribution in [0, 0.1) is 5.92 Å². The van der Waals surface area contributed by atoms with Gasteiger partial charge < -0.3 is 14.9 Å². The Labute approximate surface area is 118 Å². The monoisotopic (exact) mass is 282 g/mol. The van der Waals surface area contributed by atoms with E-state index in [1.807, 2.05) is 0 Å². The van der Waals surface area contributed by atoms with E-state index in [1.165, 1.54) is 11.8 Å². The highest BCUT2D eigenvalue weighted by atomic mass is 16.4. The average Bonchev–Trinajstić information content (AvgIpc) is 3.23. The molecule has 0 aromatic rings. The molecule has 1 N–H and O–H groups in total. The van der Waals surface area contributed by atoms with Gasteiger partial charge in [0.2, 0.25) is 11.8 Å². The second-order valence-corrected chi connectivity index (χ2v) is 5.80. The zero-order valence-electron chi connectivity index (χ0n) is 12.0. The Balaban J connectivity index is 2.07. The highest BCUT2D eigenvalue weighted by Crippen LogP contribution is 2.31. The molecule has 112 valence electrons. The van der Waals surface area contributed by atoms with E-state index in [-0.39, 0.29) is 23.8 Å². The van der Waals surface area contributed by atoms with Gasteiger partial charge in [0.05, 0.1) is 5.92 Å². The first-order valence-corrected chi connectivity index (χ1v) is 7.22. The molecule has 1 saturated carbocycles. The Morgan fingerprint density at radius 3 is 2.40 bits per heavy atom. The number of hydrogen-bond acceptors (Lipinski definition) is 3. The van der Waals surface area contributed by atoms with Crippen molar-refractivity contribution in [3.8, 4) is 0 Å². The maximum Gasteiger partial charge on any atom is 0.326 e. The summed E-state index contributed by atoms with van der Waals surface area (Å²) < 4.78 is 0. The standard InChI is InChI=1S/C14H22N2O4/c1-9(14(19)20)16(12-5-6-12)13(18)11-4-3-7-15(8-11)10(2)17/h9,11-12H,3-8H2,1-2H3,(H,19,20). The van der Waals surface area contributed by atoms with Crippen LogP contribution in [-0.4, -0.2) is 57.9 Å². The van der Waals surface area contributed by atoms with Gasteiger partial charge in [0.1, 0.15) is 6.04 Å². The van der Waals surface area contributed by atoms with Crippen molar-refractivity contribution in [3.63, 3.8) is 0 Å². The van der Waals surface area contributed by atoms with Crippen LogP contribution >= 0.6 is 0 Å². The first-order chi connectivity index (χ1) is 9.41. The highest BCUT2D eigenvalue weighted by Gasteiger charge is 2.41. The second kappa shape index (κ2) is 5.81. The number of nitrogens with zero attached hydrogens (tertiary/aromatic N) is 2. The van der Waals surface area contributed by atoms with Crippen molar-refractivity contribution in [3.05, 3.63) is 0 Å². The van der Waals surface area contributed by atoms with E-state index in [0.29, 0.717) is 13.1 Å². The Bertz CT molecular complexity index is 419. The van der Waals surface area contributed by atoms with Crippen molar-refractivity contribution < 1.29 is 19.5 Å². The number of hydrogen-bond donors (Lipinski definition) is 1. The van der Waals surface area contributed by atoms with Crippen LogP contribution < -0.4 is 0 Å². The van der Waals surface area contributed by atoms with Crippen LogP contribution in [0.25, 0.3) is 0 Å². The Hall–Kier alpha value is -1.59. The average molecular weight is 282 g/mol. The third-order valence-electron chi connectivity index (χ3n) is 4.19. The molecule has 1 aliphatic carbocycles. The van der Waals surface area contributed by atoms with Crippen molar-refractivity contribution >= 4 is 17.8 Å². The van der Waals surface area contributed by atoms with Gasteiger partial charge in [0.15, 0.2) is 0 Å². The fourth-order valence-corrected chi connectivity index (χ4v) is 2.83. The third kappa shape index (κ3) is 3.11. The summed E-state index contributed by atoms with van der Waals surface area (Å²) in [6, 6.07) is -0.719. The molecule has 2 rings (SSSR count). The molecular weight excluding hydrogens is 260 g/mol. The summed E-state index contributed by atoms with van der Waals surface area (Å²) in [5.74, 6) is -1.35. The van der Waals surface area contributed by atoms with Crippen molar-refractivity contribution in [2.24, 2.45) is 5.92 Å². The second-order valence-electron chi connectivity index (χ2n) is 5.80. The lowest BCUT2D eigenvalue weighted by molar-refractivity contribution is -0.153. The molecule has 6 nitrogen and oxygen atoms in total. The van der Waals surface area contributed by atoms with Gasteiger partial charge in [-0.3, -0.25) is 9.59 Å². The van der Waals surface area contributed by atoms with Crippen molar-refractivity contribution in [1.29, 1.82) is 0 Å². The van der Waals surface area contributed by atoms with E-state index in [2.05, 4.69) is 0 Å². The van der Waals surface area contributed by atoms with Crippen LogP contribution in [0.5, 0.6) is 0 Å². The SMILES string of the molecule is CC(=O)N1CCCC(C(=O)N(C2CC2)C(C)C(=O)O)C1. The normalized spacial score (nSPS) is 24.1. The predicted octanol–water partition coefficient (Wildman–Crippen LogP) is 0.709. The van der Waals surface area contributed by atoms with Crippen LogP contribution in [0.2, 0.25) is 0 Å². The lowest BCUT2D eigenvalue weighted by Gasteiger charge is -2.36. The quantitative estimate of drug-likeness (QED) is 0.823. The number of aliphatic carboxylic acids is 1. The summed E-state index contributed by atoms with van der Waals surface area (Å²) >= 11 is 0. The molecule has 2 atom stereocenters. The Morgan fingerprint density at radius 2 is 1.90 bits per heavy atom. The lowest BCUT2D eigenvalue weighted by atomic mass is 9.95. The number of rotatable bonds is 4. The van der Waals surface area contributed by atoms with Gasteiger partial charge in [-0.25, -0.2) is 4.79 Å². The molecule has 0 aromatic heterocycles. The molecular formula is C14H22N2O4. The van der Waals surface area contributed by atoms with E-state index in [0.717, 1.165) is 25.7 Å². The predicted molar refractivity (Wildman–Crippen MR) is 71.9 cm³/mol. The minimum atomic E-state index is -0.968. The van der Waals surface area contributed by atoms with E-state index in [1.54, 1.807) is 11.8 Å². The molecule has 1 aliphatic heterocycles. The Morgan fingerprint density at radius 1 is 1.25 bits per heavy atom. The highest BCUT2D eigenvalue weighted by molar-refractivity contribution is 5.86. The van der Waals surface area contributed by atoms with Crippen molar-refractivity contribution in [1.82, 2.24) is 9.80 Å². The topological polar surface area (TPSA) is 77.9 Å². The van der Waals surface area contributed by atoms with Crippen LogP contribution in [0.1, 0.15) is 39.5 Å². The molecule has 0 aromatic carbocycles. The number of piperidine rings is 1. The van der Waals surface area contributed by atoms with Gasteiger partial charge in [-0.1, -0.05) is 0 Å². The van der Waals surface area contributed by atoms with Gasteiger partial charge in [-0.15, -0.1) is 0 Å². The van der Waals surface area contributed by atoms with Gasteiger partial charge in [0.25, 0.3) is 0 Å². The van der Waals surface area contributed by atoms with E-state index >= 15 is 0 Å². The minimum absolute atomic E-state index is 0.0215. The maximum absolute atomic E-state index is 12.6. The molecule has 1 heterocycles. The summed E-state index contributed by atoms with van der Waals surface area (Å²) in [5, 5.41) is 9.16. The summed E-state index contributed by atoms with van der Waals surface area (Å²) in [6.45, 7) is 4.18. The molecule has 0 spiro atoms. The largest absolute Gasteiger partial charge is 0.480 e. The summed E-state index contributed by atoms with van der Waals surface area (Å²) in [5.41, 5.74) is 0. The maximum atomic E-state index is 12.6. The molecule has 0 radical (unpaired) electrons. The van der Waals surface area contributed by atoms with E-state index in [4.69, 9.17) is 5.11 Å². The number of carboxylic acid groups (broad SMARTS) is 1. The van der Waals surface area contributed by atoms with Gasteiger partial charge in [-0.05, 0) is 32.6 Å². The first kappa shape index (κ1) is 14.8. The van der Waals surface area contributed by atoms with Crippen molar-refractivity contribution in [2.45, 2.75) is 51.6 Å². The van der Waals surface area contributed by atoms with Crippen LogP contribution in [0.3, 0.4) is 0 Å². The smallest absolute Gasteiger partial charge is 0.326 e. The fraction of sp³-hybridized carbons (Fsp3) is 0.786. The van der Waals surface area contributed by atoms with E-state index < -0.39 is 12.0 Å². The van der Waals surface area contributed by atoms with Gasteiger partial charge in [0, 0.05) is 26.1 Å². The number of carbonyl (C=O) groups excluding carboxylic acids is 2. The van der Waals surface area contributed by atoms with Crippen LogP contribution in [-0.2, 0) is 14.4 Å². The fourth-order valence-electron chi connectivity index (χ4n) is 2.83. The van der Waals surface area contributed by atoms with Crippen LogP contribution in [0.15, 0.2) is 0 Å². The zero-order valence-corrected chi connectivity index (χ0v) is 12.0.